The van der Waals surface area contributed by atoms with Gasteiger partial charge in [-0.05, 0) is 13.8 Å². The average Bonchev–Trinajstić information content (AvgIpc) is 1.84. The largest absolute Gasteiger partial charge is 0.704 e. The molecular weight excluding hydrogens is 120 g/mol. The Hall–Kier alpha value is -0.640. The summed E-state index contributed by atoms with van der Waals surface area (Å²) in [6.45, 7) is 5.24. The van der Waals surface area contributed by atoms with Crippen LogP contribution in [0, 0.1) is 10.1 Å². The fourth-order valence-electron chi connectivity index (χ4n) is 0.785. The molecule has 4 heteroatoms. The molecule has 0 radical (unpaired) electrons. The number of hydrazine groups is 1. The third kappa shape index (κ3) is 0.564. The third-order valence-corrected chi connectivity index (χ3v) is 2.03. The molecule has 0 bridgehead atoms. The first-order chi connectivity index (χ1) is 3.98. The Morgan fingerprint density at radius 2 is 2.11 bits per heavy atom. The van der Waals surface area contributed by atoms with Crippen LogP contribution in [0.15, 0.2) is 0 Å². The Kier molecular flexibility index (Phi) is 1.04. The SMILES string of the molecule is CC1[N+](=O)N([O-])C1(C)C. The topological polar surface area (TPSA) is 46.4 Å². The Morgan fingerprint density at radius 3 is 2.22 bits per heavy atom. The predicted molar refractivity (Wildman–Crippen MR) is 32.4 cm³/mol. The second kappa shape index (κ2) is 1.44. The van der Waals surface area contributed by atoms with Crippen molar-refractivity contribution in [3.05, 3.63) is 10.1 Å². The number of hydrogen-bond acceptors (Lipinski definition) is 2. The van der Waals surface area contributed by atoms with Crippen molar-refractivity contribution in [1.29, 1.82) is 0 Å². The van der Waals surface area contributed by atoms with E-state index < -0.39 is 5.54 Å². The molecule has 1 unspecified atom stereocenters. The van der Waals surface area contributed by atoms with Gasteiger partial charge in [0.15, 0.2) is 5.54 Å². The van der Waals surface area contributed by atoms with E-state index in [-0.39, 0.29) is 6.04 Å². The van der Waals surface area contributed by atoms with Gasteiger partial charge in [0, 0.05) is 6.92 Å². The van der Waals surface area contributed by atoms with Crippen LogP contribution in [-0.4, -0.2) is 21.6 Å². The molecular formula is C5H10N2O2. The lowest BCUT2D eigenvalue weighted by Crippen LogP contribution is -2.68. The smallest absolute Gasteiger partial charge is 0.257 e. The highest BCUT2D eigenvalue weighted by Crippen LogP contribution is 2.30. The average molecular weight is 130 g/mol. The van der Waals surface area contributed by atoms with Crippen LogP contribution in [0.25, 0.3) is 0 Å². The highest BCUT2D eigenvalue weighted by molar-refractivity contribution is 4.88. The first-order valence-corrected chi connectivity index (χ1v) is 2.91. The molecule has 52 valence electrons. The summed E-state index contributed by atoms with van der Waals surface area (Å²) >= 11 is 0. The first-order valence-electron chi connectivity index (χ1n) is 2.91. The normalized spacial score (nSPS) is 32.2. The van der Waals surface area contributed by atoms with Crippen LogP contribution >= 0.6 is 0 Å². The van der Waals surface area contributed by atoms with Crippen LogP contribution in [0.5, 0.6) is 0 Å². The van der Waals surface area contributed by atoms with Gasteiger partial charge in [0.2, 0.25) is 0 Å². The van der Waals surface area contributed by atoms with Gasteiger partial charge in [0.05, 0.1) is 4.91 Å². The summed E-state index contributed by atoms with van der Waals surface area (Å²) in [6, 6.07) is -0.185. The lowest BCUT2D eigenvalue weighted by Gasteiger charge is -2.46. The molecule has 1 aliphatic heterocycles. The maximum Gasteiger partial charge on any atom is 0.257 e. The zero-order chi connectivity index (χ0) is 7.23. The highest BCUT2D eigenvalue weighted by Gasteiger charge is 2.55. The van der Waals surface area contributed by atoms with Crippen molar-refractivity contribution in [2.75, 3.05) is 0 Å². The van der Waals surface area contributed by atoms with Gasteiger partial charge in [0.1, 0.15) is 4.87 Å². The van der Waals surface area contributed by atoms with Crippen LogP contribution in [0.3, 0.4) is 0 Å². The molecule has 0 aliphatic carbocycles. The minimum atomic E-state index is -0.498. The summed E-state index contributed by atoms with van der Waals surface area (Å²) in [6.07, 6.45) is 0. The second-order valence-corrected chi connectivity index (χ2v) is 2.91. The molecule has 0 spiro atoms. The van der Waals surface area contributed by atoms with E-state index in [2.05, 4.69) is 0 Å². The quantitative estimate of drug-likeness (QED) is 0.452. The van der Waals surface area contributed by atoms with Gasteiger partial charge < -0.3 is 5.21 Å². The fraction of sp³-hybridized carbons (Fsp3) is 1.00. The highest BCUT2D eigenvalue weighted by atomic mass is 16.6. The minimum Gasteiger partial charge on any atom is -0.704 e. The molecule has 1 rings (SSSR count). The summed E-state index contributed by atoms with van der Waals surface area (Å²) in [4.78, 5) is 11.0. The molecule has 0 aromatic rings. The Bertz CT molecular complexity index is 141. The maximum absolute atomic E-state index is 10.6. The summed E-state index contributed by atoms with van der Waals surface area (Å²) in [5, 5.41) is 11.1. The van der Waals surface area contributed by atoms with E-state index in [1.54, 1.807) is 20.8 Å². The molecule has 1 atom stereocenters. The number of nitrogens with zero attached hydrogens (tertiary/aromatic N) is 2. The standard InChI is InChI=1S/C5H10N2O2/c1-4-5(2,3)7(9)6(4)8/h4H,1-3H3. The molecule has 1 saturated heterocycles. The van der Waals surface area contributed by atoms with Crippen molar-refractivity contribution >= 4 is 0 Å². The van der Waals surface area contributed by atoms with Gasteiger partial charge in [-0.25, -0.2) is 0 Å². The van der Waals surface area contributed by atoms with Crippen molar-refractivity contribution in [2.45, 2.75) is 32.4 Å². The monoisotopic (exact) mass is 130 g/mol. The van der Waals surface area contributed by atoms with Crippen LogP contribution in [0.2, 0.25) is 0 Å². The molecule has 9 heavy (non-hydrogen) atoms. The molecule has 0 aromatic carbocycles. The zero-order valence-corrected chi connectivity index (χ0v) is 5.79. The lowest BCUT2D eigenvalue weighted by atomic mass is 9.93. The van der Waals surface area contributed by atoms with E-state index in [1.165, 1.54) is 0 Å². The van der Waals surface area contributed by atoms with E-state index >= 15 is 0 Å². The van der Waals surface area contributed by atoms with Crippen molar-refractivity contribution < 1.29 is 4.87 Å². The Labute approximate surface area is 53.6 Å². The first kappa shape index (κ1) is 6.48. The Balaban J connectivity index is 2.73. The van der Waals surface area contributed by atoms with Gasteiger partial charge in [-0.2, -0.15) is 5.17 Å². The van der Waals surface area contributed by atoms with E-state index in [9.17, 15) is 10.1 Å². The second-order valence-electron chi connectivity index (χ2n) is 2.91. The van der Waals surface area contributed by atoms with E-state index in [1.807, 2.05) is 0 Å². The minimum absolute atomic E-state index is 0.185. The number of rotatable bonds is 0. The van der Waals surface area contributed by atoms with Crippen molar-refractivity contribution in [2.24, 2.45) is 0 Å². The Morgan fingerprint density at radius 1 is 1.67 bits per heavy atom. The zero-order valence-electron chi connectivity index (χ0n) is 5.79. The molecule has 0 amide bonds. The molecule has 0 saturated carbocycles. The van der Waals surface area contributed by atoms with Crippen LogP contribution in [0.1, 0.15) is 20.8 Å². The summed E-state index contributed by atoms with van der Waals surface area (Å²) < 4.78 is 0. The number of nitroso groups, excluding NO2 is 1. The van der Waals surface area contributed by atoms with E-state index in [0.29, 0.717) is 10.0 Å². The van der Waals surface area contributed by atoms with Crippen molar-refractivity contribution in [1.82, 2.24) is 5.17 Å². The van der Waals surface area contributed by atoms with Crippen molar-refractivity contribution in [3.63, 3.8) is 0 Å². The van der Waals surface area contributed by atoms with Gasteiger partial charge in [-0.15, -0.1) is 0 Å². The van der Waals surface area contributed by atoms with Gasteiger partial charge in [-0.1, -0.05) is 0 Å². The van der Waals surface area contributed by atoms with E-state index in [4.69, 9.17) is 0 Å². The van der Waals surface area contributed by atoms with Crippen LogP contribution in [0.4, 0.5) is 0 Å². The molecule has 4 nitrogen and oxygen atoms in total. The number of hydroxylamine groups is 1. The van der Waals surface area contributed by atoms with E-state index in [0.717, 1.165) is 0 Å². The van der Waals surface area contributed by atoms with Crippen LogP contribution in [-0.2, 0) is 0 Å². The maximum atomic E-state index is 10.6. The molecule has 1 fully saturated rings. The van der Waals surface area contributed by atoms with Gasteiger partial charge >= 0.3 is 0 Å². The van der Waals surface area contributed by atoms with Gasteiger partial charge in [-0.3, -0.25) is 0 Å². The summed E-state index contributed by atoms with van der Waals surface area (Å²) in [5.41, 5.74) is -0.498. The molecule has 1 aliphatic rings. The molecule has 1 heterocycles. The summed E-state index contributed by atoms with van der Waals surface area (Å²) in [5.74, 6) is 0. The number of hydrogen-bond donors (Lipinski definition) is 0. The molecule has 0 aromatic heterocycles. The summed E-state index contributed by atoms with van der Waals surface area (Å²) in [7, 11) is 0. The third-order valence-electron chi connectivity index (χ3n) is 2.03. The fourth-order valence-corrected chi connectivity index (χ4v) is 0.785. The lowest BCUT2D eigenvalue weighted by molar-refractivity contribution is -0.815. The molecule has 0 N–H and O–H groups in total. The van der Waals surface area contributed by atoms with Crippen molar-refractivity contribution in [3.8, 4) is 0 Å². The predicted octanol–water partition coefficient (Wildman–Crippen LogP) is 0.661. The van der Waals surface area contributed by atoms with Crippen LogP contribution < -0.4 is 0 Å². The van der Waals surface area contributed by atoms with Gasteiger partial charge in [0.25, 0.3) is 6.04 Å².